The third-order valence-electron chi connectivity index (χ3n) is 3.47. The molecule has 102 valence electrons. The van der Waals surface area contributed by atoms with Crippen LogP contribution >= 0.6 is 0 Å². The van der Waals surface area contributed by atoms with Gasteiger partial charge in [-0.1, -0.05) is 44.9 Å². The number of hydrogen-bond acceptors (Lipinski definition) is 1. The van der Waals surface area contributed by atoms with Crippen LogP contribution in [0, 0.1) is 12.8 Å². The standard InChI is InChI=1S/C16H22N2O/c1-4-7-11(2)10-15(19)18-16-12(3)17-14-9-6-5-8-13(14)16/h5-6,8-9,11,17H,4,7,10H2,1-3H3,(H,18,19). The molecular weight excluding hydrogens is 236 g/mol. The number of H-pyrrole nitrogens is 1. The Morgan fingerprint density at radius 3 is 2.84 bits per heavy atom. The van der Waals surface area contributed by atoms with Crippen LogP contribution < -0.4 is 5.32 Å². The number of aromatic nitrogens is 1. The number of para-hydroxylation sites is 1. The Bertz CT molecular complexity index is 571. The highest BCUT2D eigenvalue weighted by Crippen LogP contribution is 2.27. The topological polar surface area (TPSA) is 44.9 Å². The van der Waals surface area contributed by atoms with Gasteiger partial charge in [0.05, 0.1) is 5.69 Å². The molecule has 0 aliphatic rings. The van der Waals surface area contributed by atoms with E-state index in [1.54, 1.807) is 0 Å². The van der Waals surface area contributed by atoms with Crippen molar-refractivity contribution < 1.29 is 4.79 Å². The number of aryl methyl sites for hydroxylation is 1. The smallest absolute Gasteiger partial charge is 0.224 e. The maximum atomic E-state index is 12.1. The molecule has 2 aromatic rings. The number of rotatable bonds is 5. The van der Waals surface area contributed by atoms with Crippen molar-refractivity contribution >= 4 is 22.5 Å². The highest BCUT2D eigenvalue weighted by atomic mass is 16.1. The number of fused-ring (bicyclic) bond motifs is 1. The fourth-order valence-corrected chi connectivity index (χ4v) is 2.54. The third-order valence-corrected chi connectivity index (χ3v) is 3.47. The molecule has 0 spiro atoms. The van der Waals surface area contributed by atoms with Crippen LogP contribution in [-0.4, -0.2) is 10.9 Å². The van der Waals surface area contributed by atoms with Crippen molar-refractivity contribution in [1.29, 1.82) is 0 Å². The summed E-state index contributed by atoms with van der Waals surface area (Å²) in [6.07, 6.45) is 2.81. The number of anilines is 1. The third kappa shape index (κ3) is 3.16. The number of benzene rings is 1. The van der Waals surface area contributed by atoms with Gasteiger partial charge in [0.25, 0.3) is 0 Å². The van der Waals surface area contributed by atoms with Crippen molar-refractivity contribution in [3.63, 3.8) is 0 Å². The van der Waals surface area contributed by atoms with Crippen LogP contribution in [0.1, 0.15) is 38.8 Å². The van der Waals surface area contributed by atoms with Gasteiger partial charge in [-0.05, 0) is 18.9 Å². The molecule has 3 heteroatoms. The summed E-state index contributed by atoms with van der Waals surface area (Å²) < 4.78 is 0. The summed E-state index contributed by atoms with van der Waals surface area (Å²) in [4.78, 5) is 15.4. The van der Waals surface area contributed by atoms with Gasteiger partial charge in [0.1, 0.15) is 0 Å². The molecule has 0 fully saturated rings. The molecule has 0 radical (unpaired) electrons. The van der Waals surface area contributed by atoms with Crippen LogP contribution in [0.4, 0.5) is 5.69 Å². The minimum absolute atomic E-state index is 0.105. The first-order valence-electron chi connectivity index (χ1n) is 6.99. The number of nitrogens with one attached hydrogen (secondary N) is 2. The van der Waals surface area contributed by atoms with Crippen molar-refractivity contribution in [3.8, 4) is 0 Å². The predicted molar refractivity (Wildman–Crippen MR) is 80.4 cm³/mol. The lowest BCUT2D eigenvalue weighted by Crippen LogP contribution is -2.15. The zero-order valence-corrected chi connectivity index (χ0v) is 11.9. The molecule has 1 aromatic carbocycles. The van der Waals surface area contributed by atoms with Gasteiger partial charge < -0.3 is 10.3 Å². The fourth-order valence-electron chi connectivity index (χ4n) is 2.54. The number of carbonyl (C=O) groups excluding carboxylic acids is 1. The first kappa shape index (κ1) is 13.7. The molecule has 1 aromatic heterocycles. The van der Waals surface area contributed by atoms with E-state index in [0.717, 1.165) is 35.1 Å². The molecule has 0 aliphatic carbocycles. The van der Waals surface area contributed by atoms with Crippen LogP contribution in [-0.2, 0) is 4.79 Å². The first-order valence-corrected chi connectivity index (χ1v) is 6.99. The van der Waals surface area contributed by atoms with E-state index in [1.807, 2.05) is 31.2 Å². The molecule has 0 saturated carbocycles. The summed E-state index contributed by atoms with van der Waals surface area (Å²) >= 11 is 0. The van der Waals surface area contributed by atoms with Gasteiger partial charge in [-0.2, -0.15) is 0 Å². The number of hydrogen-bond donors (Lipinski definition) is 2. The summed E-state index contributed by atoms with van der Waals surface area (Å²) in [7, 11) is 0. The van der Waals surface area contributed by atoms with Gasteiger partial charge in [-0.3, -0.25) is 4.79 Å². The van der Waals surface area contributed by atoms with Crippen molar-refractivity contribution in [1.82, 2.24) is 4.98 Å². The molecule has 1 amide bonds. The van der Waals surface area contributed by atoms with Crippen molar-refractivity contribution in [2.75, 3.05) is 5.32 Å². The Morgan fingerprint density at radius 2 is 2.11 bits per heavy atom. The average Bonchev–Trinajstić information content (AvgIpc) is 2.66. The summed E-state index contributed by atoms with van der Waals surface area (Å²) in [6, 6.07) is 8.04. The second-order valence-electron chi connectivity index (χ2n) is 5.32. The Kier molecular flexibility index (Phi) is 4.25. The summed E-state index contributed by atoms with van der Waals surface area (Å²) in [6.45, 7) is 6.27. The molecule has 2 N–H and O–H groups in total. The lowest BCUT2D eigenvalue weighted by molar-refractivity contribution is -0.117. The van der Waals surface area contributed by atoms with Crippen molar-refractivity contribution in [2.24, 2.45) is 5.92 Å². The van der Waals surface area contributed by atoms with Gasteiger partial charge in [0.2, 0.25) is 5.91 Å². The predicted octanol–water partition coefficient (Wildman–Crippen LogP) is 4.24. The lowest BCUT2D eigenvalue weighted by Gasteiger charge is -2.10. The molecule has 1 atom stereocenters. The zero-order chi connectivity index (χ0) is 13.8. The van der Waals surface area contributed by atoms with E-state index >= 15 is 0 Å². The maximum absolute atomic E-state index is 12.1. The molecule has 19 heavy (non-hydrogen) atoms. The van der Waals surface area contributed by atoms with Crippen LogP contribution in [0.5, 0.6) is 0 Å². The SMILES string of the molecule is CCCC(C)CC(=O)Nc1c(C)[nH]c2ccccc12. The first-order chi connectivity index (χ1) is 9.11. The van der Waals surface area contributed by atoms with E-state index in [4.69, 9.17) is 0 Å². The van der Waals surface area contributed by atoms with E-state index in [2.05, 4.69) is 24.1 Å². The minimum atomic E-state index is 0.105. The quantitative estimate of drug-likeness (QED) is 0.827. The van der Waals surface area contributed by atoms with Crippen LogP contribution in [0.15, 0.2) is 24.3 Å². The second kappa shape index (κ2) is 5.91. The Balaban J connectivity index is 2.13. The summed E-state index contributed by atoms with van der Waals surface area (Å²) in [5.41, 5.74) is 3.00. The fraction of sp³-hybridized carbons (Fsp3) is 0.438. The van der Waals surface area contributed by atoms with Gasteiger partial charge >= 0.3 is 0 Å². The van der Waals surface area contributed by atoms with E-state index in [9.17, 15) is 4.79 Å². The molecule has 1 unspecified atom stereocenters. The molecule has 0 bridgehead atoms. The lowest BCUT2D eigenvalue weighted by atomic mass is 10.0. The molecule has 0 aliphatic heterocycles. The van der Waals surface area contributed by atoms with E-state index in [1.165, 1.54) is 0 Å². The summed E-state index contributed by atoms with van der Waals surface area (Å²) in [5, 5.41) is 4.13. The number of aromatic amines is 1. The largest absolute Gasteiger partial charge is 0.357 e. The number of carbonyl (C=O) groups is 1. The highest BCUT2D eigenvalue weighted by Gasteiger charge is 2.13. The van der Waals surface area contributed by atoms with E-state index in [-0.39, 0.29) is 5.91 Å². The highest BCUT2D eigenvalue weighted by molar-refractivity contribution is 6.03. The van der Waals surface area contributed by atoms with Crippen LogP contribution in [0.25, 0.3) is 10.9 Å². The normalized spacial score (nSPS) is 12.6. The molecule has 1 heterocycles. The van der Waals surface area contributed by atoms with Crippen molar-refractivity contribution in [3.05, 3.63) is 30.0 Å². The molecular formula is C16H22N2O. The monoisotopic (exact) mass is 258 g/mol. The van der Waals surface area contributed by atoms with Gasteiger partial charge in [0, 0.05) is 23.0 Å². The number of amides is 1. The molecule has 3 nitrogen and oxygen atoms in total. The summed E-state index contributed by atoms with van der Waals surface area (Å²) in [5.74, 6) is 0.546. The van der Waals surface area contributed by atoms with Crippen molar-refractivity contribution in [2.45, 2.75) is 40.0 Å². The van der Waals surface area contributed by atoms with E-state index < -0.39 is 0 Å². The Hall–Kier alpha value is -1.77. The maximum Gasteiger partial charge on any atom is 0.224 e. The Labute approximate surface area is 114 Å². The van der Waals surface area contributed by atoms with Gasteiger partial charge in [-0.15, -0.1) is 0 Å². The van der Waals surface area contributed by atoms with E-state index in [0.29, 0.717) is 12.3 Å². The second-order valence-corrected chi connectivity index (χ2v) is 5.32. The van der Waals surface area contributed by atoms with Crippen LogP contribution in [0.2, 0.25) is 0 Å². The van der Waals surface area contributed by atoms with Gasteiger partial charge in [-0.25, -0.2) is 0 Å². The minimum Gasteiger partial charge on any atom is -0.357 e. The zero-order valence-electron chi connectivity index (χ0n) is 11.9. The Morgan fingerprint density at radius 1 is 1.37 bits per heavy atom. The molecule has 0 saturated heterocycles. The van der Waals surface area contributed by atoms with Gasteiger partial charge in [0.15, 0.2) is 0 Å². The molecule has 2 rings (SSSR count). The average molecular weight is 258 g/mol. The van der Waals surface area contributed by atoms with Crippen LogP contribution in [0.3, 0.4) is 0 Å².